The first-order valence-electron chi connectivity index (χ1n) is 7.75. The van der Waals surface area contributed by atoms with Crippen molar-refractivity contribution in [2.24, 2.45) is 5.92 Å². The Bertz CT molecular complexity index is 575. The highest BCUT2D eigenvalue weighted by Gasteiger charge is 2.30. The van der Waals surface area contributed by atoms with Crippen molar-refractivity contribution in [2.45, 2.75) is 39.2 Å². The first kappa shape index (κ1) is 15.3. The van der Waals surface area contributed by atoms with Gasteiger partial charge >= 0.3 is 0 Å². The molecule has 0 saturated heterocycles. The fraction of sp³-hybridized carbons (Fsp3) is 0.444. The van der Waals surface area contributed by atoms with E-state index in [1.165, 1.54) is 44.6 Å². The Hall–Kier alpha value is -0.640. The molecular weight excluding hydrogens is 342 g/mol. The molecule has 21 heavy (non-hydrogen) atoms. The third-order valence-corrected chi connectivity index (χ3v) is 6.57. The minimum Gasteiger partial charge on any atom is -0.309 e. The van der Waals surface area contributed by atoms with Crippen molar-refractivity contribution in [3.8, 4) is 0 Å². The summed E-state index contributed by atoms with van der Waals surface area (Å²) in [7, 11) is 0. The van der Waals surface area contributed by atoms with Crippen LogP contribution in [0.5, 0.6) is 0 Å². The van der Waals surface area contributed by atoms with E-state index in [2.05, 4.69) is 65.4 Å². The monoisotopic (exact) mass is 363 g/mol. The first-order valence-corrected chi connectivity index (χ1v) is 9.36. The summed E-state index contributed by atoms with van der Waals surface area (Å²) in [5.41, 5.74) is 4.44. The second kappa shape index (κ2) is 6.64. The third-order valence-electron chi connectivity index (χ3n) is 4.35. The molecule has 1 N–H and O–H groups in total. The Balaban J connectivity index is 1.84. The Morgan fingerprint density at radius 1 is 1.29 bits per heavy atom. The summed E-state index contributed by atoms with van der Waals surface area (Å²) in [4.78, 5) is 1.48. The summed E-state index contributed by atoms with van der Waals surface area (Å²) in [6.07, 6.45) is 3.58. The van der Waals surface area contributed by atoms with Crippen molar-refractivity contribution >= 4 is 27.3 Å². The van der Waals surface area contributed by atoms with Crippen LogP contribution in [0.15, 0.2) is 34.1 Å². The van der Waals surface area contributed by atoms with Gasteiger partial charge in [-0.05, 0) is 77.3 Å². The van der Waals surface area contributed by atoms with Gasteiger partial charge in [0.05, 0.1) is 3.79 Å². The van der Waals surface area contributed by atoms with E-state index >= 15 is 0 Å². The van der Waals surface area contributed by atoms with Gasteiger partial charge in [0.2, 0.25) is 0 Å². The SMILES string of the molecule is CCCNC(c1cc(C)c(Br)s1)C1Cc2ccccc2C1. The van der Waals surface area contributed by atoms with Gasteiger partial charge in [0, 0.05) is 10.9 Å². The highest BCUT2D eigenvalue weighted by Crippen LogP contribution is 2.40. The minimum atomic E-state index is 0.479. The molecule has 0 saturated carbocycles. The second-order valence-electron chi connectivity index (χ2n) is 5.97. The summed E-state index contributed by atoms with van der Waals surface area (Å²) in [6.45, 7) is 5.51. The number of hydrogen-bond donors (Lipinski definition) is 1. The summed E-state index contributed by atoms with van der Waals surface area (Å²) < 4.78 is 1.27. The molecule has 0 radical (unpaired) electrons. The lowest BCUT2D eigenvalue weighted by Gasteiger charge is -2.23. The zero-order chi connectivity index (χ0) is 14.8. The smallest absolute Gasteiger partial charge is 0.0731 e. The molecule has 1 aromatic carbocycles. The second-order valence-corrected chi connectivity index (χ2v) is 8.38. The van der Waals surface area contributed by atoms with Gasteiger partial charge in [-0.3, -0.25) is 0 Å². The van der Waals surface area contributed by atoms with Gasteiger partial charge < -0.3 is 5.32 Å². The van der Waals surface area contributed by atoms with Crippen molar-refractivity contribution in [2.75, 3.05) is 6.54 Å². The first-order chi connectivity index (χ1) is 10.2. The van der Waals surface area contributed by atoms with E-state index in [0.29, 0.717) is 12.0 Å². The van der Waals surface area contributed by atoms with Crippen molar-refractivity contribution in [1.82, 2.24) is 5.32 Å². The Kier molecular flexibility index (Phi) is 4.82. The number of nitrogens with one attached hydrogen (secondary N) is 1. The van der Waals surface area contributed by atoms with Crippen LogP contribution in [0.1, 0.15) is 41.0 Å². The molecule has 0 amide bonds. The fourth-order valence-corrected chi connectivity index (χ4v) is 5.01. The maximum atomic E-state index is 3.79. The fourth-order valence-electron chi connectivity index (χ4n) is 3.26. The third kappa shape index (κ3) is 3.25. The number of thiophene rings is 1. The molecule has 0 spiro atoms. The number of rotatable bonds is 5. The Morgan fingerprint density at radius 3 is 2.48 bits per heavy atom. The van der Waals surface area contributed by atoms with Crippen LogP contribution in [0.3, 0.4) is 0 Å². The average molecular weight is 364 g/mol. The van der Waals surface area contributed by atoms with Gasteiger partial charge in [-0.1, -0.05) is 31.2 Å². The topological polar surface area (TPSA) is 12.0 Å². The molecule has 1 atom stereocenters. The number of benzene rings is 1. The lowest BCUT2D eigenvalue weighted by atomic mass is 9.94. The van der Waals surface area contributed by atoms with Crippen LogP contribution in [0.25, 0.3) is 0 Å². The quantitative estimate of drug-likeness (QED) is 0.762. The van der Waals surface area contributed by atoms with Crippen LogP contribution in [0.4, 0.5) is 0 Å². The van der Waals surface area contributed by atoms with Crippen molar-refractivity contribution < 1.29 is 0 Å². The van der Waals surface area contributed by atoms with Crippen LogP contribution in [-0.4, -0.2) is 6.54 Å². The van der Waals surface area contributed by atoms with Gasteiger partial charge in [0.15, 0.2) is 0 Å². The number of aryl methyl sites for hydroxylation is 1. The van der Waals surface area contributed by atoms with Gasteiger partial charge in [-0.25, -0.2) is 0 Å². The van der Waals surface area contributed by atoms with E-state index in [1.807, 2.05) is 11.3 Å². The maximum absolute atomic E-state index is 3.79. The zero-order valence-corrected chi connectivity index (χ0v) is 15.1. The molecule has 0 fully saturated rings. The summed E-state index contributed by atoms with van der Waals surface area (Å²) in [6, 6.07) is 11.8. The van der Waals surface area contributed by atoms with Gasteiger partial charge in [-0.2, -0.15) is 0 Å². The molecule has 1 aromatic heterocycles. The van der Waals surface area contributed by atoms with E-state index in [0.717, 1.165) is 6.54 Å². The molecule has 2 aromatic rings. The lowest BCUT2D eigenvalue weighted by molar-refractivity contribution is 0.379. The molecular formula is C18H22BrNS. The molecule has 3 rings (SSSR count). The molecule has 1 heterocycles. The van der Waals surface area contributed by atoms with Crippen LogP contribution >= 0.6 is 27.3 Å². The van der Waals surface area contributed by atoms with E-state index in [9.17, 15) is 0 Å². The van der Waals surface area contributed by atoms with Crippen LogP contribution < -0.4 is 5.32 Å². The van der Waals surface area contributed by atoms with Gasteiger partial charge in [0.25, 0.3) is 0 Å². The molecule has 112 valence electrons. The summed E-state index contributed by atoms with van der Waals surface area (Å²) in [5.74, 6) is 0.680. The predicted octanol–water partition coefficient (Wildman–Crippen LogP) is 5.27. The standard InChI is InChI=1S/C18H22BrNS/c1-3-8-20-17(16-9-12(2)18(19)21-16)15-10-13-6-4-5-7-14(13)11-15/h4-7,9,15,17,20H,3,8,10-11H2,1-2H3. The molecule has 0 bridgehead atoms. The zero-order valence-electron chi connectivity index (χ0n) is 12.7. The average Bonchev–Trinajstić information content (AvgIpc) is 3.04. The van der Waals surface area contributed by atoms with Crippen molar-refractivity contribution in [3.63, 3.8) is 0 Å². The molecule has 1 unspecified atom stereocenters. The van der Waals surface area contributed by atoms with Gasteiger partial charge in [0.1, 0.15) is 0 Å². The molecule has 1 nitrogen and oxygen atoms in total. The van der Waals surface area contributed by atoms with Crippen molar-refractivity contribution in [3.05, 3.63) is 55.7 Å². The van der Waals surface area contributed by atoms with Gasteiger partial charge in [-0.15, -0.1) is 11.3 Å². The number of hydrogen-bond acceptors (Lipinski definition) is 2. The van der Waals surface area contributed by atoms with E-state index in [1.54, 1.807) is 0 Å². The summed E-state index contributed by atoms with van der Waals surface area (Å²) >= 11 is 5.57. The predicted molar refractivity (Wildman–Crippen MR) is 95.1 cm³/mol. The van der Waals surface area contributed by atoms with Crippen LogP contribution in [0.2, 0.25) is 0 Å². The van der Waals surface area contributed by atoms with Crippen molar-refractivity contribution in [1.29, 1.82) is 0 Å². The minimum absolute atomic E-state index is 0.479. The lowest BCUT2D eigenvalue weighted by Crippen LogP contribution is -2.28. The molecule has 1 aliphatic carbocycles. The normalized spacial score (nSPS) is 16.1. The molecule has 1 aliphatic rings. The Morgan fingerprint density at radius 2 is 1.95 bits per heavy atom. The van der Waals surface area contributed by atoms with E-state index < -0.39 is 0 Å². The largest absolute Gasteiger partial charge is 0.309 e. The number of fused-ring (bicyclic) bond motifs is 1. The molecule has 0 aliphatic heterocycles. The Labute approximate surface area is 139 Å². The van der Waals surface area contributed by atoms with Crippen LogP contribution in [0, 0.1) is 12.8 Å². The highest BCUT2D eigenvalue weighted by molar-refractivity contribution is 9.11. The van der Waals surface area contributed by atoms with E-state index in [-0.39, 0.29) is 0 Å². The molecule has 3 heteroatoms. The van der Waals surface area contributed by atoms with E-state index in [4.69, 9.17) is 0 Å². The number of halogens is 1. The van der Waals surface area contributed by atoms with Crippen LogP contribution in [-0.2, 0) is 12.8 Å². The maximum Gasteiger partial charge on any atom is 0.0731 e. The highest BCUT2D eigenvalue weighted by atomic mass is 79.9. The summed E-state index contributed by atoms with van der Waals surface area (Å²) in [5, 5.41) is 3.79.